The van der Waals surface area contributed by atoms with Gasteiger partial charge in [0.15, 0.2) is 0 Å². The van der Waals surface area contributed by atoms with Crippen LogP contribution in [0.5, 0.6) is 11.5 Å². The quantitative estimate of drug-likeness (QED) is 0.167. The van der Waals surface area contributed by atoms with Crippen molar-refractivity contribution in [1.82, 2.24) is 23.3 Å². The molecule has 0 aliphatic carbocycles. The van der Waals surface area contributed by atoms with Crippen molar-refractivity contribution >= 4 is 43.9 Å². The molecule has 0 saturated heterocycles. The summed E-state index contributed by atoms with van der Waals surface area (Å²) in [7, 11) is 2.14. The van der Waals surface area contributed by atoms with Gasteiger partial charge in [0, 0.05) is 6.20 Å². The standard InChI is InChI=1S/C43H31N5O.Pt/c1-43(2,3)27-21-22-44-40(23-27)47-35-14-8-5-12-31(35)33-20-18-29(25-39(33)47)49-28-17-19-32-30-11-6-9-15-36(30)48-37-16-10-7-13-34(37)41-42(48)46(26-45(41)4)38(32)24-28;/h5-23H,1-4H3;/q-2;. The van der Waals surface area contributed by atoms with Gasteiger partial charge in [-0.1, -0.05) is 32.9 Å². The van der Waals surface area contributed by atoms with E-state index in [9.17, 15) is 0 Å². The fraction of sp³-hybridized carbons (Fsp3) is 0.116. The Bertz CT molecular complexity index is 2930. The molecule has 0 saturated carbocycles. The van der Waals surface area contributed by atoms with Crippen LogP contribution < -0.4 is 4.74 Å². The zero-order valence-electron chi connectivity index (χ0n) is 27.9. The predicted octanol–water partition coefficient (Wildman–Crippen LogP) is 10.2. The van der Waals surface area contributed by atoms with Gasteiger partial charge in [-0.3, -0.25) is 0 Å². The number of nitrogens with zero attached hydrogens (tertiary/aromatic N) is 5. The molecule has 1 aliphatic rings. The molecular formula is C43H31N5OPt-2. The van der Waals surface area contributed by atoms with E-state index in [1.807, 2.05) is 18.3 Å². The van der Waals surface area contributed by atoms with Gasteiger partial charge in [0.05, 0.1) is 0 Å². The molecule has 4 aromatic heterocycles. The van der Waals surface area contributed by atoms with Gasteiger partial charge in [-0.15, -0.1) is 0 Å². The summed E-state index contributed by atoms with van der Waals surface area (Å²) in [6.45, 7) is 6.68. The number of hydrogen-bond donors (Lipinski definition) is 0. The van der Waals surface area contributed by atoms with Crippen molar-refractivity contribution in [3.05, 3.63) is 137 Å². The van der Waals surface area contributed by atoms with Crippen LogP contribution in [0.2, 0.25) is 0 Å². The van der Waals surface area contributed by atoms with Gasteiger partial charge in [0.1, 0.15) is 0 Å². The average molecular weight is 829 g/mol. The molecule has 1 aliphatic heterocycles. The molecule has 0 unspecified atom stereocenters. The third-order valence-corrected chi connectivity index (χ3v) is 11.2. The summed E-state index contributed by atoms with van der Waals surface area (Å²) in [5.74, 6) is 2.10. The Kier molecular flexibility index (Phi) is 6.20. The van der Waals surface area contributed by atoms with Crippen LogP contribution in [-0.2, 0) is 31.8 Å². The number of ether oxygens (including phenoxy) is 1. The molecule has 5 aromatic carbocycles. The van der Waals surface area contributed by atoms with Gasteiger partial charge in [-0.25, -0.2) is 0 Å². The Morgan fingerprint density at radius 1 is 0.680 bits per heavy atom. The van der Waals surface area contributed by atoms with Crippen molar-refractivity contribution in [2.45, 2.75) is 26.2 Å². The van der Waals surface area contributed by atoms with E-state index in [0.29, 0.717) is 11.5 Å². The van der Waals surface area contributed by atoms with E-state index < -0.39 is 0 Å². The summed E-state index contributed by atoms with van der Waals surface area (Å²) in [5, 5.41) is 3.47. The monoisotopic (exact) mass is 828 g/mol. The number of benzene rings is 5. The molecule has 0 atom stereocenters. The maximum atomic E-state index is 6.66. The minimum atomic E-state index is -0.00925. The summed E-state index contributed by atoms with van der Waals surface area (Å²) in [4.78, 5) is 4.84. The van der Waals surface area contributed by atoms with E-state index in [2.05, 4.69) is 175 Å². The van der Waals surface area contributed by atoms with Crippen molar-refractivity contribution in [2.24, 2.45) is 7.05 Å². The van der Waals surface area contributed by atoms with Gasteiger partial charge < -0.3 is 0 Å². The van der Waals surface area contributed by atoms with E-state index in [0.717, 1.165) is 59.6 Å². The fourth-order valence-corrected chi connectivity index (χ4v) is 8.36. The second kappa shape index (κ2) is 10.5. The second-order valence-corrected chi connectivity index (χ2v) is 15.0. The molecule has 0 fully saturated rings. The van der Waals surface area contributed by atoms with Crippen molar-refractivity contribution in [3.63, 3.8) is 0 Å². The van der Waals surface area contributed by atoms with E-state index in [-0.39, 0.29) is 5.41 Å². The Morgan fingerprint density at radius 3 is 2.20 bits per heavy atom. The van der Waals surface area contributed by atoms with Crippen LogP contribution in [-0.4, -0.2) is 23.3 Å². The van der Waals surface area contributed by atoms with Gasteiger partial charge in [-0.2, -0.15) is 0 Å². The molecule has 7 heteroatoms. The van der Waals surface area contributed by atoms with Crippen LogP contribution in [0.4, 0.5) is 0 Å². The van der Waals surface area contributed by atoms with Gasteiger partial charge in [0.25, 0.3) is 0 Å². The number of pyridine rings is 1. The maximum absolute atomic E-state index is 6.66. The van der Waals surface area contributed by atoms with E-state index >= 15 is 0 Å². The summed E-state index contributed by atoms with van der Waals surface area (Å²) in [5.41, 5.74) is 11.0. The first-order valence-electron chi connectivity index (χ1n) is 16.7. The van der Waals surface area contributed by atoms with Gasteiger partial charge in [-0.05, 0) is 17.0 Å². The molecule has 0 spiro atoms. The number of aromatic nitrogens is 5. The van der Waals surface area contributed by atoms with E-state index in [1.165, 1.54) is 22.0 Å². The minimum absolute atomic E-state index is 0.00925. The zero-order chi connectivity index (χ0) is 33.9. The number of imidazole rings is 1. The molecule has 10 rings (SSSR count). The molecule has 0 bridgehead atoms. The third-order valence-electron chi connectivity index (χ3n) is 9.97. The molecule has 50 heavy (non-hydrogen) atoms. The van der Waals surface area contributed by atoms with Gasteiger partial charge in [0.2, 0.25) is 0 Å². The third kappa shape index (κ3) is 4.12. The van der Waals surface area contributed by atoms with Gasteiger partial charge >= 0.3 is 245 Å². The average Bonchev–Trinajstić information content (AvgIpc) is 3.69. The number of fused-ring (bicyclic) bond motifs is 11. The number of hydrogen-bond acceptors (Lipinski definition) is 2. The van der Waals surface area contributed by atoms with Crippen LogP contribution in [0.25, 0.3) is 72.2 Å². The fourth-order valence-electron chi connectivity index (χ4n) is 7.61. The molecule has 0 N–H and O–H groups in total. The molecule has 0 radical (unpaired) electrons. The van der Waals surface area contributed by atoms with E-state index in [1.54, 1.807) is 0 Å². The first kappa shape index (κ1) is 29.5. The normalized spacial score (nSPS) is 12.5. The van der Waals surface area contributed by atoms with Crippen molar-refractivity contribution in [3.8, 4) is 39.8 Å². The van der Waals surface area contributed by atoms with Crippen LogP contribution in [0.1, 0.15) is 26.3 Å². The van der Waals surface area contributed by atoms with Crippen LogP contribution in [0.3, 0.4) is 0 Å². The number of rotatable bonds is 3. The topological polar surface area (TPSA) is 41.8 Å². The second-order valence-electron chi connectivity index (χ2n) is 14.0. The zero-order valence-corrected chi connectivity index (χ0v) is 30.2. The Morgan fingerprint density at radius 2 is 1.38 bits per heavy atom. The Balaban J connectivity index is 1.16. The first-order chi connectivity index (χ1) is 24.3. The molecule has 0 amide bonds. The SMILES string of the molecule is Cn1[c](=[Pt])n2c3c1c1ccccc1n3-c1ccccc1-c1ccc(Oc3[c-]c4c(cc3)c3ccccc3n4-c3cc(C(C)(C)C)ccn3)[c-]c1-2. The molecule has 6 nitrogen and oxygen atoms in total. The first-order valence-corrected chi connectivity index (χ1v) is 17.8. The Labute approximate surface area is 299 Å². The number of aryl methyl sites for hydroxylation is 1. The van der Waals surface area contributed by atoms with Crippen molar-refractivity contribution < 1.29 is 24.1 Å². The molecule has 9 aromatic rings. The van der Waals surface area contributed by atoms with Crippen LogP contribution in [0, 0.1) is 15.9 Å². The summed E-state index contributed by atoms with van der Waals surface area (Å²) in [6.07, 6.45) is 1.90. The molecular weight excluding hydrogens is 798 g/mol. The van der Waals surface area contributed by atoms with Crippen molar-refractivity contribution in [2.75, 3.05) is 0 Å². The number of para-hydroxylation sites is 3. The molecule has 246 valence electrons. The van der Waals surface area contributed by atoms with E-state index in [4.69, 9.17) is 9.72 Å². The summed E-state index contributed by atoms with van der Waals surface area (Å²) >= 11 is 2.43. The Hall–Kier alpha value is -5.45. The molecule has 5 heterocycles. The van der Waals surface area contributed by atoms with Crippen molar-refractivity contribution in [1.29, 1.82) is 0 Å². The van der Waals surface area contributed by atoms with Crippen LogP contribution in [0.15, 0.2) is 115 Å². The summed E-state index contributed by atoms with van der Waals surface area (Å²) < 4.78 is 16.9. The predicted molar refractivity (Wildman–Crippen MR) is 196 cm³/mol. The summed E-state index contributed by atoms with van der Waals surface area (Å²) in [6, 6.07) is 45.7. The van der Waals surface area contributed by atoms with Crippen LogP contribution >= 0.6 is 0 Å².